The van der Waals surface area contributed by atoms with Crippen LogP contribution in [0.25, 0.3) is 0 Å². The number of piperidine rings is 2. The van der Waals surface area contributed by atoms with Gasteiger partial charge in [-0.05, 0) is 56.4 Å². The molecule has 0 spiro atoms. The van der Waals surface area contributed by atoms with E-state index >= 15 is 0 Å². The second-order valence-corrected chi connectivity index (χ2v) is 11.2. The molecule has 37 heavy (non-hydrogen) atoms. The van der Waals surface area contributed by atoms with E-state index in [0.717, 1.165) is 43.6 Å². The minimum absolute atomic E-state index is 0.0638. The predicted molar refractivity (Wildman–Crippen MR) is 144 cm³/mol. The van der Waals surface area contributed by atoms with Gasteiger partial charge < -0.3 is 19.9 Å². The fourth-order valence-electron chi connectivity index (χ4n) is 4.92. The molecule has 5 rings (SSSR count). The lowest BCUT2D eigenvalue weighted by molar-refractivity contribution is 0.0943. The summed E-state index contributed by atoms with van der Waals surface area (Å²) in [6, 6.07) is 11.0. The van der Waals surface area contributed by atoms with Crippen LogP contribution < -0.4 is 10.1 Å². The summed E-state index contributed by atoms with van der Waals surface area (Å²) in [6.07, 6.45) is 4.87. The summed E-state index contributed by atoms with van der Waals surface area (Å²) in [5, 5.41) is 7.93. The van der Waals surface area contributed by atoms with Crippen molar-refractivity contribution in [2.75, 3.05) is 38.6 Å². The number of carbonyl (C=O) groups is 2. The van der Waals surface area contributed by atoms with Gasteiger partial charge in [0.05, 0.1) is 23.6 Å². The van der Waals surface area contributed by atoms with Crippen LogP contribution in [0.5, 0.6) is 5.75 Å². The number of ether oxygens (including phenoxy) is 1. The Morgan fingerprint density at radius 2 is 1.78 bits per heavy atom. The first-order chi connectivity index (χ1) is 18.0. The lowest BCUT2D eigenvalue weighted by Crippen LogP contribution is -2.48. The molecule has 2 fully saturated rings. The topological polar surface area (TPSA) is 92.6 Å². The number of anilines is 1. The highest BCUT2D eigenvalue weighted by Gasteiger charge is 2.31. The summed E-state index contributed by atoms with van der Waals surface area (Å²) in [6.45, 7) is 3.48. The molecule has 0 aliphatic carbocycles. The number of amides is 2. The molecular formula is C26H31ClN6O3S. The van der Waals surface area contributed by atoms with Crippen LogP contribution in [0.3, 0.4) is 0 Å². The van der Waals surface area contributed by atoms with Gasteiger partial charge in [0.2, 0.25) is 5.95 Å². The number of nitrogens with zero attached hydrogens (tertiary/aromatic N) is 5. The van der Waals surface area contributed by atoms with E-state index in [-0.39, 0.29) is 17.9 Å². The fraction of sp³-hybridized carbons (Fsp3) is 0.462. The monoisotopic (exact) mass is 542 g/mol. The van der Waals surface area contributed by atoms with Crippen molar-refractivity contribution in [2.45, 2.75) is 44.6 Å². The number of nitrogens with one attached hydrogen (secondary N) is 1. The first-order valence-electron chi connectivity index (χ1n) is 12.7. The summed E-state index contributed by atoms with van der Waals surface area (Å²) < 4.78 is 7.44. The van der Waals surface area contributed by atoms with E-state index in [2.05, 4.69) is 10.4 Å². The number of hydrogen-bond acceptors (Lipinski definition) is 7. The number of urea groups is 1. The molecule has 0 saturated carbocycles. The van der Waals surface area contributed by atoms with Crippen LogP contribution in [0.4, 0.5) is 10.7 Å². The minimum Gasteiger partial charge on any atom is -0.496 e. The zero-order valence-electron chi connectivity index (χ0n) is 20.9. The van der Waals surface area contributed by atoms with Gasteiger partial charge in [-0.3, -0.25) is 4.79 Å². The fourth-order valence-corrected chi connectivity index (χ4v) is 5.95. The number of aromatic nitrogens is 3. The third-order valence-corrected chi connectivity index (χ3v) is 8.19. The summed E-state index contributed by atoms with van der Waals surface area (Å²) in [7, 11) is 1.54. The largest absolute Gasteiger partial charge is 0.496 e. The molecule has 2 aliphatic heterocycles. The van der Waals surface area contributed by atoms with Gasteiger partial charge >= 0.3 is 6.03 Å². The average Bonchev–Trinajstić information content (AvgIpc) is 3.57. The summed E-state index contributed by atoms with van der Waals surface area (Å²) in [4.78, 5) is 36.2. The van der Waals surface area contributed by atoms with Gasteiger partial charge in [0.25, 0.3) is 5.91 Å². The van der Waals surface area contributed by atoms with E-state index in [1.165, 1.54) is 29.5 Å². The maximum absolute atomic E-state index is 13.5. The molecule has 2 saturated heterocycles. The number of carbonyl (C=O) groups excluding carboxylic acids is 2. The molecule has 1 aromatic carbocycles. The van der Waals surface area contributed by atoms with Crippen molar-refractivity contribution in [3.63, 3.8) is 0 Å². The number of rotatable bonds is 6. The highest BCUT2D eigenvalue weighted by molar-refractivity contribution is 7.16. The number of thiophene rings is 1. The van der Waals surface area contributed by atoms with E-state index in [4.69, 9.17) is 21.3 Å². The molecule has 0 radical (unpaired) electrons. The summed E-state index contributed by atoms with van der Waals surface area (Å²) in [5.74, 6) is 1.21. The summed E-state index contributed by atoms with van der Waals surface area (Å²) in [5.41, 5.74) is 0.408. The zero-order valence-corrected chi connectivity index (χ0v) is 22.4. The van der Waals surface area contributed by atoms with Crippen LogP contribution >= 0.6 is 22.9 Å². The zero-order chi connectivity index (χ0) is 25.8. The van der Waals surface area contributed by atoms with Crippen LogP contribution in [0.2, 0.25) is 4.34 Å². The molecule has 11 heteroatoms. The van der Waals surface area contributed by atoms with Gasteiger partial charge in [-0.2, -0.15) is 9.67 Å². The molecule has 1 N–H and O–H groups in total. The Balaban J connectivity index is 1.34. The molecule has 2 amide bonds. The molecule has 2 aromatic heterocycles. The predicted octanol–water partition coefficient (Wildman–Crippen LogP) is 5.09. The van der Waals surface area contributed by atoms with Crippen molar-refractivity contribution in [2.24, 2.45) is 0 Å². The lowest BCUT2D eigenvalue weighted by Gasteiger charge is -2.36. The first-order valence-corrected chi connectivity index (χ1v) is 13.9. The van der Waals surface area contributed by atoms with Crippen molar-refractivity contribution in [3.05, 3.63) is 57.0 Å². The van der Waals surface area contributed by atoms with Crippen molar-refractivity contribution >= 4 is 40.8 Å². The van der Waals surface area contributed by atoms with Crippen molar-refractivity contribution in [1.29, 1.82) is 0 Å². The molecule has 196 valence electrons. The second kappa shape index (κ2) is 11.5. The molecule has 0 unspecified atom stereocenters. The van der Waals surface area contributed by atoms with Crippen LogP contribution in [0.1, 0.15) is 59.1 Å². The van der Waals surface area contributed by atoms with E-state index in [0.29, 0.717) is 47.1 Å². The van der Waals surface area contributed by atoms with Gasteiger partial charge in [0.1, 0.15) is 5.75 Å². The van der Waals surface area contributed by atoms with E-state index in [1.54, 1.807) is 18.2 Å². The Labute approximate surface area is 225 Å². The van der Waals surface area contributed by atoms with Gasteiger partial charge in [-0.1, -0.05) is 23.7 Å². The third-order valence-electron chi connectivity index (χ3n) is 6.96. The normalized spacial score (nSPS) is 16.6. The average molecular weight is 543 g/mol. The molecule has 3 aromatic rings. The van der Waals surface area contributed by atoms with Crippen LogP contribution in [0.15, 0.2) is 36.4 Å². The molecular weight excluding hydrogens is 512 g/mol. The molecule has 0 atom stereocenters. The Morgan fingerprint density at radius 1 is 1.05 bits per heavy atom. The maximum Gasteiger partial charge on any atom is 0.319 e. The first kappa shape index (κ1) is 25.5. The minimum atomic E-state index is -0.319. The molecule has 4 heterocycles. The molecule has 0 bridgehead atoms. The second-order valence-electron chi connectivity index (χ2n) is 9.36. The standard InChI is InChI=1S/C26H31ClN6O3S/c1-36-21-8-4-3-7-20(21)24(34)33-25(28-17-19-9-10-22(27)37-19)29-23(30-33)18-11-15-32(16-12-18)26(35)31-13-5-2-6-14-31/h3-4,7-10,18H,2,5-6,11-17H2,1H3,(H,28,29,30). The van der Waals surface area contributed by atoms with E-state index < -0.39 is 0 Å². The Hall–Kier alpha value is -3.11. The smallest absolute Gasteiger partial charge is 0.319 e. The van der Waals surface area contributed by atoms with Crippen molar-refractivity contribution < 1.29 is 14.3 Å². The van der Waals surface area contributed by atoms with E-state index in [1.807, 2.05) is 28.0 Å². The van der Waals surface area contributed by atoms with Crippen LogP contribution in [-0.2, 0) is 6.54 Å². The highest BCUT2D eigenvalue weighted by Crippen LogP contribution is 2.29. The van der Waals surface area contributed by atoms with Gasteiger partial charge in [-0.15, -0.1) is 16.4 Å². The van der Waals surface area contributed by atoms with Gasteiger partial charge in [0, 0.05) is 37.0 Å². The number of benzene rings is 1. The van der Waals surface area contributed by atoms with Gasteiger partial charge in [0.15, 0.2) is 5.82 Å². The Bertz CT molecular complexity index is 1250. The Morgan fingerprint density at radius 3 is 2.49 bits per heavy atom. The molecule has 9 nitrogen and oxygen atoms in total. The number of hydrogen-bond donors (Lipinski definition) is 1. The SMILES string of the molecule is COc1ccccc1C(=O)n1nc(C2CCN(C(=O)N3CCCCC3)CC2)nc1NCc1ccc(Cl)s1. The van der Waals surface area contributed by atoms with Crippen LogP contribution in [-0.4, -0.2) is 69.8 Å². The molecule has 2 aliphatic rings. The Kier molecular flexibility index (Phi) is 7.95. The van der Waals surface area contributed by atoms with E-state index in [9.17, 15) is 9.59 Å². The highest BCUT2D eigenvalue weighted by atomic mass is 35.5. The number of halogens is 1. The maximum atomic E-state index is 13.5. The number of likely N-dealkylation sites (tertiary alicyclic amines) is 2. The van der Waals surface area contributed by atoms with Crippen molar-refractivity contribution in [1.82, 2.24) is 24.6 Å². The van der Waals surface area contributed by atoms with Crippen molar-refractivity contribution in [3.8, 4) is 5.75 Å². The number of methoxy groups -OCH3 is 1. The number of para-hydroxylation sites is 1. The van der Waals surface area contributed by atoms with Crippen LogP contribution in [0, 0.1) is 0 Å². The summed E-state index contributed by atoms with van der Waals surface area (Å²) >= 11 is 7.56. The quantitative estimate of drug-likeness (QED) is 0.466. The van der Waals surface area contributed by atoms with Gasteiger partial charge in [-0.25, -0.2) is 4.79 Å². The third kappa shape index (κ3) is 5.75. The lowest BCUT2D eigenvalue weighted by atomic mass is 9.96.